The summed E-state index contributed by atoms with van der Waals surface area (Å²) in [6.45, 7) is 0. The molecule has 2 aliphatic rings. The third kappa shape index (κ3) is 3.70. The maximum absolute atomic E-state index is 13.9. The zero-order chi connectivity index (χ0) is 18.8. The zero-order valence-electron chi connectivity index (χ0n) is 14.9. The van der Waals surface area contributed by atoms with Gasteiger partial charge in [-0.1, -0.05) is 12.1 Å². The second-order valence-corrected chi connectivity index (χ2v) is 7.52. The average Bonchev–Trinajstić information content (AvgIpc) is 3.42. The number of H-pyrrole nitrogens is 1. The summed E-state index contributed by atoms with van der Waals surface area (Å²) in [5, 5.41) is 2.02. The molecule has 0 fully saturated rings. The van der Waals surface area contributed by atoms with Gasteiger partial charge in [0.15, 0.2) is 0 Å². The number of thiophene rings is 1. The Kier molecular flexibility index (Phi) is 5.14. The molecule has 0 aromatic carbocycles. The quantitative estimate of drug-likeness (QED) is 0.747. The summed E-state index contributed by atoms with van der Waals surface area (Å²) >= 11 is 1.64. The molecule has 0 radical (unpaired) electrons. The summed E-state index contributed by atoms with van der Waals surface area (Å²) in [6, 6.07) is 7.61. The predicted octanol–water partition coefficient (Wildman–Crippen LogP) is 4.08. The Morgan fingerprint density at radius 3 is 2.81 bits per heavy atom. The number of ether oxygens (including phenoxy) is 1. The van der Waals surface area contributed by atoms with Crippen molar-refractivity contribution in [2.75, 3.05) is 7.11 Å². The van der Waals surface area contributed by atoms with Gasteiger partial charge < -0.3 is 9.72 Å². The molecule has 1 aliphatic carbocycles. The number of hydrogen-bond acceptors (Lipinski definition) is 2. The number of aromatic nitrogens is 1. The van der Waals surface area contributed by atoms with Gasteiger partial charge in [-0.15, -0.1) is 11.3 Å². The Hall–Kier alpha value is -2.38. The highest BCUT2D eigenvalue weighted by Gasteiger charge is 2.45. The second-order valence-electron chi connectivity index (χ2n) is 6.58. The van der Waals surface area contributed by atoms with Crippen molar-refractivity contribution in [1.82, 2.24) is 4.98 Å². The lowest BCUT2D eigenvalue weighted by atomic mass is 9.94. The smallest absolute Gasteiger partial charge is 0.501 e. The summed E-state index contributed by atoms with van der Waals surface area (Å²) in [5.74, 6) is 0.891. The van der Waals surface area contributed by atoms with Crippen molar-refractivity contribution in [1.29, 1.82) is 0 Å². The molecule has 4 rings (SSSR count). The number of allylic oxidation sites excluding steroid dienone is 4. The minimum Gasteiger partial charge on any atom is -0.501 e. The fraction of sp³-hybridized carbons (Fsp3) is 0.200. The first-order chi connectivity index (χ1) is 13.2. The molecule has 7 heteroatoms. The van der Waals surface area contributed by atoms with E-state index in [0.717, 1.165) is 40.4 Å². The van der Waals surface area contributed by atoms with Gasteiger partial charge in [0.2, 0.25) is 0 Å². The predicted molar refractivity (Wildman–Crippen MR) is 106 cm³/mol. The topological polar surface area (TPSA) is 29.5 Å². The summed E-state index contributed by atoms with van der Waals surface area (Å²) in [4.78, 5) is 4.62. The van der Waals surface area contributed by atoms with Crippen molar-refractivity contribution < 1.29 is 18.2 Å². The first kappa shape index (κ1) is 18.0. The summed E-state index contributed by atoms with van der Waals surface area (Å²) in [5.41, 5.74) is 3.44. The molecule has 2 aromatic heterocycles. The maximum atomic E-state index is 13.9. The number of rotatable bonds is 5. The Labute approximate surface area is 161 Å². The molecule has 2 unspecified atom stereocenters. The standard InChI is InChI=1S/C20H19BF2N2OS/c1-26-17-8-4-14(5-9-17)19-11-7-16(25(19)21(22)23)13-15-6-10-18(24-15)20-3-2-12-27-20/h2-4,6-8,10-13,19,24H,5,9H2,1H3/p+1/b16-13-. The van der Waals surface area contributed by atoms with Crippen molar-refractivity contribution in [2.24, 2.45) is 0 Å². The molecule has 0 saturated carbocycles. The lowest BCUT2D eigenvalue weighted by Crippen LogP contribution is -3.17. The van der Waals surface area contributed by atoms with Crippen LogP contribution in [-0.2, 0) is 4.74 Å². The number of hydrogen-bond donors (Lipinski definition) is 2. The van der Waals surface area contributed by atoms with Crippen LogP contribution >= 0.6 is 11.3 Å². The highest BCUT2D eigenvalue weighted by Crippen LogP contribution is 2.26. The van der Waals surface area contributed by atoms with Gasteiger partial charge in [-0.3, -0.25) is 4.81 Å². The van der Waals surface area contributed by atoms with Crippen molar-refractivity contribution in [3.05, 3.63) is 76.7 Å². The van der Waals surface area contributed by atoms with E-state index in [9.17, 15) is 8.63 Å². The van der Waals surface area contributed by atoms with Crippen LogP contribution in [0.5, 0.6) is 0 Å². The van der Waals surface area contributed by atoms with E-state index in [1.54, 1.807) is 18.4 Å². The van der Waals surface area contributed by atoms with Crippen molar-refractivity contribution in [3.8, 4) is 10.6 Å². The highest BCUT2D eigenvalue weighted by molar-refractivity contribution is 7.13. The Morgan fingerprint density at radius 1 is 1.26 bits per heavy atom. The average molecular weight is 385 g/mol. The van der Waals surface area contributed by atoms with Gasteiger partial charge in [-0.05, 0) is 53.8 Å². The Morgan fingerprint density at radius 2 is 2.15 bits per heavy atom. The number of aromatic amines is 1. The molecule has 0 saturated heterocycles. The zero-order valence-corrected chi connectivity index (χ0v) is 15.7. The maximum Gasteiger partial charge on any atom is 0.847 e. The number of halogens is 2. The third-order valence-corrected chi connectivity index (χ3v) is 5.89. The van der Waals surface area contributed by atoms with E-state index in [2.05, 4.69) is 4.98 Å². The molecule has 2 N–H and O–H groups in total. The largest absolute Gasteiger partial charge is 0.847 e. The monoisotopic (exact) mass is 385 g/mol. The fourth-order valence-corrected chi connectivity index (χ4v) is 4.31. The van der Waals surface area contributed by atoms with Crippen molar-refractivity contribution in [3.63, 3.8) is 0 Å². The second kappa shape index (κ2) is 7.70. The van der Waals surface area contributed by atoms with E-state index in [0.29, 0.717) is 5.70 Å². The number of quaternary nitrogens is 1. The molecule has 3 nitrogen and oxygen atoms in total. The van der Waals surface area contributed by atoms with E-state index in [-0.39, 0.29) is 10.9 Å². The number of nitrogens with one attached hydrogen (secondary N) is 2. The minimum absolute atomic E-state index is 0.183. The van der Waals surface area contributed by atoms with E-state index < -0.39 is 7.40 Å². The molecule has 0 bridgehead atoms. The summed E-state index contributed by atoms with van der Waals surface area (Å²) < 4.78 is 33.0. The summed E-state index contributed by atoms with van der Waals surface area (Å²) in [6.07, 6.45) is 10.8. The van der Waals surface area contributed by atoms with Crippen LogP contribution in [0.1, 0.15) is 18.5 Å². The van der Waals surface area contributed by atoms with Crippen LogP contribution in [0, 0.1) is 0 Å². The molecular weight excluding hydrogens is 365 g/mol. The van der Waals surface area contributed by atoms with Crippen LogP contribution < -0.4 is 4.81 Å². The molecule has 3 heterocycles. The lowest BCUT2D eigenvalue weighted by molar-refractivity contribution is -0.764. The van der Waals surface area contributed by atoms with Gasteiger partial charge in [0.25, 0.3) is 0 Å². The number of methoxy groups -OCH3 is 1. The van der Waals surface area contributed by atoms with Crippen molar-refractivity contribution in [2.45, 2.75) is 18.9 Å². The Balaban J connectivity index is 1.59. The van der Waals surface area contributed by atoms with E-state index >= 15 is 0 Å². The first-order valence-corrected chi connectivity index (χ1v) is 9.75. The molecule has 138 valence electrons. The van der Waals surface area contributed by atoms with E-state index in [1.165, 1.54) is 0 Å². The molecule has 0 amide bonds. The normalized spacial score (nSPS) is 23.4. The van der Waals surface area contributed by atoms with Crippen LogP contribution in [0.15, 0.2) is 71.0 Å². The molecule has 27 heavy (non-hydrogen) atoms. The minimum atomic E-state index is -2.49. The molecule has 2 aromatic rings. The Bertz CT molecular complexity index is 928. The van der Waals surface area contributed by atoms with Crippen LogP contribution in [0.25, 0.3) is 16.6 Å². The summed E-state index contributed by atoms with van der Waals surface area (Å²) in [7, 11) is -0.852. The SMILES string of the molecule is COC1=CC=C(C2C=C/C(=C/c3ccc(-c4cccs4)[nH]3)[NH+]2B(F)F)CC1. The van der Waals surface area contributed by atoms with Crippen LogP contribution in [-0.4, -0.2) is 25.5 Å². The van der Waals surface area contributed by atoms with Gasteiger partial charge in [-0.25, -0.2) is 8.63 Å². The molecule has 0 spiro atoms. The van der Waals surface area contributed by atoms with Crippen LogP contribution in [0.4, 0.5) is 8.63 Å². The van der Waals surface area contributed by atoms with Crippen LogP contribution in [0.3, 0.4) is 0 Å². The molecule has 1 aliphatic heterocycles. The first-order valence-electron chi connectivity index (χ1n) is 8.87. The van der Waals surface area contributed by atoms with Gasteiger partial charge in [-0.2, -0.15) is 0 Å². The van der Waals surface area contributed by atoms with Gasteiger partial charge in [0, 0.05) is 18.2 Å². The van der Waals surface area contributed by atoms with Crippen molar-refractivity contribution >= 4 is 24.8 Å². The third-order valence-electron chi connectivity index (χ3n) is 4.98. The van der Waals surface area contributed by atoms with E-state index in [4.69, 9.17) is 4.74 Å². The van der Waals surface area contributed by atoms with Crippen LogP contribution in [0.2, 0.25) is 0 Å². The van der Waals surface area contributed by atoms with Gasteiger partial charge >= 0.3 is 7.40 Å². The highest BCUT2D eigenvalue weighted by atomic mass is 32.1. The fourth-order valence-electron chi connectivity index (χ4n) is 3.60. The lowest BCUT2D eigenvalue weighted by Gasteiger charge is -2.24. The molecule has 2 atom stereocenters. The molecular formula is C20H20BF2N2OS+. The van der Waals surface area contributed by atoms with E-state index in [1.807, 2.05) is 60.0 Å². The van der Waals surface area contributed by atoms with Gasteiger partial charge in [0.05, 0.1) is 23.4 Å². The van der Waals surface area contributed by atoms with Gasteiger partial charge in [0.1, 0.15) is 11.7 Å².